The maximum Gasteiger partial charge on any atom is 0.338 e. The van der Waals surface area contributed by atoms with Crippen molar-refractivity contribution in [3.05, 3.63) is 57.6 Å². The third kappa shape index (κ3) is 2.20. The topological polar surface area (TPSA) is 74.1 Å². The van der Waals surface area contributed by atoms with Gasteiger partial charge in [0.2, 0.25) is 5.76 Å². The normalized spacial score (nSPS) is 11.5. The summed E-state index contributed by atoms with van der Waals surface area (Å²) < 4.78 is 7.02. The smallest absolute Gasteiger partial charge is 0.338 e. The minimum absolute atomic E-state index is 0.0912. The average molecular weight is 283 g/mol. The maximum absolute atomic E-state index is 11.0. The summed E-state index contributed by atoms with van der Waals surface area (Å²) in [5.74, 6) is 0.158. The zero-order chi connectivity index (χ0) is 15.0. The van der Waals surface area contributed by atoms with Crippen molar-refractivity contribution in [2.75, 3.05) is 0 Å². The summed E-state index contributed by atoms with van der Waals surface area (Å²) in [6.07, 6.45) is 5.35. The third-order valence-electron chi connectivity index (χ3n) is 3.38. The molecule has 0 saturated carbocycles. The molecule has 6 nitrogen and oxygen atoms in total. The second-order valence-electron chi connectivity index (χ2n) is 4.78. The zero-order valence-corrected chi connectivity index (χ0v) is 11.6. The predicted molar refractivity (Wildman–Crippen MR) is 79.7 cm³/mol. The number of para-hydroxylation sites is 1. The predicted octanol–water partition coefficient (Wildman–Crippen LogP) is 3.55. The van der Waals surface area contributed by atoms with Crippen LogP contribution in [0.15, 0.2) is 35.0 Å². The first kappa shape index (κ1) is 13.1. The van der Waals surface area contributed by atoms with Gasteiger partial charge < -0.3 is 9.09 Å². The van der Waals surface area contributed by atoms with Crippen LogP contribution in [0.25, 0.3) is 23.1 Å². The summed E-state index contributed by atoms with van der Waals surface area (Å²) in [7, 11) is 1.96. The van der Waals surface area contributed by atoms with Crippen LogP contribution in [0.4, 0.5) is 5.69 Å². The highest BCUT2D eigenvalue weighted by atomic mass is 16.6. The first-order valence-electron chi connectivity index (χ1n) is 6.40. The Labute approximate surface area is 120 Å². The molecule has 0 aliphatic carbocycles. The minimum atomic E-state index is -0.478. The van der Waals surface area contributed by atoms with Gasteiger partial charge in [0.1, 0.15) is 0 Å². The van der Waals surface area contributed by atoms with Gasteiger partial charge in [-0.2, -0.15) is 0 Å². The minimum Gasteiger partial charge on any atom is -0.350 e. The van der Waals surface area contributed by atoms with Gasteiger partial charge in [-0.25, -0.2) is 0 Å². The molecule has 2 aromatic heterocycles. The van der Waals surface area contributed by atoms with E-state index in [0.717, 1.165) is 16.5 Å². The summed E-state index contributed by atoms with van der Waals surface area (Å²) in [6.45, 7) is 1.55. The van der Waals surface area contributed by atoms with E-state index < -0.39 is 4.92 Å². The lowest BCUT2D eigenvalue weighted by Crippen LogP contribution is -1.90. The van der Waals surface area contributed by atoms with E-state index in [2.05, 4.69) is 5.16 Å². The Hall–Kier alpha value is -2.89. The lowest BCUT2D eigenvalue weighted by atomic mass is 10.1. The lowest BCUT2D eigenvalue weighted by Gasteiger charge is -1.93. The van der Waals surface area contributed by atoms with Gasteiger partial charge in [-0.1, -0.05) is 23.4 Å². The van der Waals surface area contributed by atoms with Crippen LogP contribution < -0.4 is 0 Å². The highest BCUT2D eigenvalue weighted by Gasteiger charge is 2.21. The number of fused-ring (bicyclic) bond motifs is 1. The molecule has 6 heteroatoms. The number of hydrogen-bond donors (Lipinski definition) is 0. The molecule has 0 saturated heterocycles. The van der Waals surface area contributed by atoms with Crippen LogP contribution >= 0.6 is 0 Å². The molecule has 0 amide bonds. The molecule has 3 rings (SSSR count). The molecule has 0 unspecified atom stereocenters. The van der Waals surface area contributed by atoms with E-state index >= 15 is 0 Å². The Morgan fingerprint density at radius 2 is 2.10 bits per heavy atom. The second-order valence-corrected chi connectivity index (χ2v) is 4.78. The van der Waals surface area contributed by atoms with E-state index in [1.165, 1.54) is 0 Å². The van der Waals surface area contributed by atoms with E-state index in [1.54, 1.807) is 19.1 Å². The largest absolute Gasteiger partial charge is 0.350 e. The van der Waals surface area contributed by atoms with Crippen LogP contribution in [0, 0.1) is 17.0 Å². The molecular weight excluding hydrogens is 270 g/mol. The van der Waals surface area contributed by atoms with Crippen molar-refractivity contribution in [1.82, 2.24) is 9.72 Å². The molecule has 0 spiro atoms. The summed E-state index contributed by atoms with van der Waals surface area (Å²) in [6, 6.07) is 7.96. The van der Waals surface area contributed by atoms with Crippen molar-refractivity contribution in [3.63, 3.8) is 0 Å². The number of rotatable bonds is 3. The van der Waals surface area contributed by atoms with E-state index in [1.807, 2.05) is 42.1 Å². The summed E-state index contributed by atoms with van der Waals surface area (Å²) in [5.41, 5.74) is 2.25. The number of hydrogen-bond acceptors (Lipinski definition) is 4. The first-order valence-corrected chi connectivity index (χ1v) is 6.40. The molecule has 2 heterocycles. The molecular formula is C15H13N3O3. The molecule has 0 atom stereocenters. The molecule has 0 fully saturated rings. The summed E-state index contributed by atoms with van der Waals surface area (Å²) in [4.78, 5) is 10.5. The third-order valence-corrected chi connectivity index (χ3v) is 3.38. The van der Waals surface area contributed by atoms with E-state index in [0.29, 0.717) is 0 Å². The molecule has 21 heavy (non-hydrogen) atoms. The summed E-state index contributed by atoms with van der Waals surface area (Å²) in [5, 5.41) is 15.7. The van der Waals surface area contributed by atoms with Gasteiger partial charge in [0, 0.05) is 29.7 Å². The van der Waals surface area contributed by atoms with Crippen LogP contribution in [-0.2, 0) is 7.05 Å². The van der Waals surface area contributed by atoms with Gasteiger partial charge in [0.25, 0.3) is 0 Å². The quantitative estimate of drug-likeness (QED) is 0.544. The van der Waals surface area contributed by atoms with E-state index in [-0.39, 0.29) is 17.1 Å². The number of benzene rings is 1. The molecule has 0 aliphatic rings. The monoisotopic (exact) mass is 283 g/mol. The lowest BCUT2D eigenvalue weighted by molar-refractivity contribution is -0.386. The van der Waals surface area contributed by atoms with Crippen molar-refractivity contribution in [2.24, 2.45) is 7.05 Å². The van der Waals surface area contributed by atoms with Crippen LogP contribution in [-0.4, -0.2) is 14.6 Å². The highest BCUT2D eigenvalue weighted by Crippen LogP contribution is 2.26. The second kappa shape index (κ2) is 4.90. The van der Waals surface area contributed by atoms with Gasteiger partial charge in [-0.3, -0.25) is 10.1 Å². The molecule has 0 bridgehead atoms. The van der Waals surface area contributed by atoms with Gasteiger partial charge >= 0.3 is 5.69 Å². The molecule has 0 radical (unpaired) electrons. The van der Waals surface area contributed by atoms with Gasteiger partial charge in [-0.05, 0) is 25.1 Å². The van der Waals surface area contributed by atoms with Gasteiger partial charge in [-0.15, -0.1) is 0 Å². The number of nitro groups is 1. The Morgan fingerprint density at radius 1 is 1.33 bits per heavy atom. The fraction of sp³-hybridized carbons (Fsp3) is 0.133. The fourth-order valence-corrected chi connectivity index (χ4v) is 2.39. The van der Waals surface area contributed by atoms with Gasteiger partial charge in [0.05, 0.1) is 4.92 Å². The van der Waals surface area contributed by atoms with Crippen molar-refractivity contribution in [2.45, 2.75) is 6.92 Å². The van der Waals surface area contributed by atoms with Crippen molar-refractivity contribution >= 4 is 28.7 Å². The SMILES string of the molecule is Cc1noc(C=Cc2cn(C)c3ccccc23)c1[N+](=O)[O-]. The molecule has 1 aromatic carbocycles. The van der Waals surface area contributed by atoms with Crippen molar-refractivity contribution < 1.29 is 9.45 Å². The Kier molecular flexibility index (Phi) is 3.06. The first-order chi connectivity index (χ1) is 10.1. The van der Waals surface area contributed by atoms with Crippen molar-refractivity contribution in [1.29, 1.82) is 0 Å². The van der Waals surface area contributed by atoms with Crippen LogP contribution in [0.5, 0.6) is 0 Å². The molecule has 0 aliphatic heterocycles. The molecule has 106 valence electrons. The number of aryl methyl sites for hydroxylation is 2. The summed E-state index contributed by atoms with van der Waals surface area (Å²) >= 11 is 0. The van der Waals surface area contributed by atoms with E-state index in [4.69, 9.17) is 4.52 Å². The van der Waals surface area contributed by atoms with Gasteiger partial charge in [0.15, 0.2) is 5.69 Å². The molecule has 3 aromatic rings. The number of aromatic nitrogens is 2. The van der Waals surface area contributed by atoms with Crippen LogP contribution in [0.2, 0.25) is 0 Å². The average Bonchev–Trinajstić information content (AvgIpc) is 2.98. The van der Waals surface area contributed by atoms with Crippen molar-refractivity contribution in [3.8, 4) is 0 Å². The highest BCUT2D eigenvalue weighted by molar-refractivity contribution is 5.92. The standard InChI is InChI=1S/C15H13N3O3/c1-10-15(18(19)20)14(21-16-10)8-7-11-9-17(2)13-6-4-3-5-12(11)13/h3-9H,1-2H3. The number of nitrogens with zero attached hydrogens (tertiary/aromatic N) is 3. The van der Waals surface area contributed by atoms with Crippen LogP contribution in [0.1, 0.15) is 17.0 Å². The fourth-order valence-electron chi connectivity index (χ4n) is 2.39. The Bertz CT molecular complexity index is 858. The maximum atomic E-state index is 11.0. The molecule has 0 N–H and O–H groups in total. The van der Waals surface area contributed by atoms with E-state index in [9.17, 15) is 10.1 Å². The van der Waals surface area contributed by atoms with Crippen LogP contribution in [0.3, 0.4) is 0 Å². The zero-order valence-electron chi connectivity index (χ0n) is 11.6. The Morgan fingerprint density at radius 3 is 2.86 bits per heavy atom. The Balaban J connectivity index is 2.05.